The van der Waals surface area contributed by atoms with Crippen LogP contribution in [0.2, 0.25) is 5.02 Å². The highest BCUT2D eigenvalue weighted by molar-refractivity contribution is 6.32. The van der Waals surface area contributed by atoms with Crippen LogP contribution in [0.5, 0.6) is 5.75 Å². The van der Waals surface area contributed by atoms with Gasteiger partial charge in [-0.3, -0.25) is 10.1 Å². The van der Waals surface area contributed by atoms with E-state index in [2.05, 4.69) is 20.2 Å². The van der Waals surface area contributed by atoms with E-state index in [4.69, 9.17) is 16.3 Å². The summed E-state index contributed by atoms with van der Waals surface area (Å²) in [4.78, 5) is 21.1. The summed E-state index contributed by atoms with van der Waals surface area (Å²) < 4.78 is 19.0. The molecule has 0 amide bonds. The molecule has 2 aromatic rings. The van der Waals surface area contributed by atoms with Gasteiger partial charge in [0.05, 0.1) is 30.0 Å². The molecule has 5 rings (SSSR count). The number of ether oxygens (including phenoxy) is 1. The van der Waals surface area contributed by atoms with Gasteiger partial charge in [0.1, 0.15) is 10.8 Å². The maximum Gasteiger partial charge on any atom is 0.307 e. The summed E-state index contributed by atoms with van der Waals surface area (Å²) in [6, 6.07) is 2.26. The zero-order valence-electron chi connectivity index (χ0n) is 16.0. The summed E-state index contributed by atoms with van der Waals surface area (Å²) in [5, 5.41) is 24.8. The maximum atomic E-state index is 13.9. The number of hydrogen-bond donors (Lipinski definition) is 2. The third-order valence-electron chi connectivity index (χ3n) is 6.39. The van der Waals surface area contributed by atoms with Crippen LogP contribution in [0.1, 0.15) is 12.8 Å². The van der Waals surface area contributed by atoms with Crippen LogP contribution < -0.4 is 15.0 Å². The highest BCUT2D eigenvalue weighted by Crippen LogP contribution is 2.57. The molecular formula is C19H19ClFN5O4. The van der Waals surface area contributed by atoms with Gasteiger partial charge in [-0.25, -0.2) is 4.98 Å². The van der Waals surface area contributed by atoms with Crippen LogP contribution in [0.4, 0.5) is 27.5 Å². The van der Waals surface area contributed by atoms with Crippen molar-refractivity contribution in [3.8, 4) is 5.75 Å². The van der Waals surface area contributed by atoms with Crippen LogP contribution in [0, 0.1) is 33.7 Å². The zero-order chi connectivity index (χ0) is 21.2. The van der Waals surface area contributed by atoms with Gasteiger partial charge >= 0.3 is 5.69 Å². The summed E-state index contributed by atoms with van der Waals surface area (Å²) in [7, 11) is 1.34. The molecular weight excluding hydrogens is 417 g/mol. The minimum atomic E-state index is -0.998. The molecule has 2 saturated carbocycles. The van der Waals surface area contributed by atoms with Gasteiger partial charge in [0, 0.05) is 30.6 Å². The summed E-state index contributed by atoms with van der Waals surface area (Å²) in [5.41, 5.74) is -0.522. The predicted molar refractivity (Wildman–Crippen MR) is 107 cm³/mol. The lowest BCUT2D eigenvalue weighted by Crippen LogP contribution is -2.33. The van der Waals surface area contributed by atoms with E-state index in [-0.39, 0.29) is 35.4 Å². The number of nitro groups is 1. The largest absolute Gasteiger partial charge is 0.494 e. The predicted octanol–water partition coefficient (Wildman–Crippen LogP) is 3.14. The van der Waals surface area contributed by atoms with Gasteiger partial charge in [0.25, 0.3) is 0 Å². The standard InChI is InChI=1S/C19H19ClFN5O4/c1-30-16-4-12(21)15(26(28)29)5-13(16)23-19-22-6-11(20)18(24-19)25-7-8-2-14(25)9-3-10(9)17(8)27/h4-6,8-10,14,17,27H,2-3,7H2,1H3,(H,22,23,24)/t8-,9-,10?,14-,17?/m0/s1. The molecule has 158 valence electrons. The first-order valence-corrected chi connectivity index (χ1v) is 10.0. The van der Waals surface area contributed by atoms with Crippen molar-refractivity contribution in [1.82, 2.24) is 9.97 Å². The molecule has 2 bridgehead atoms. The number of nitrogens with one attached hydrogen (secondary N) is 1. The van der Waals surface area contributed by atoms with Crippen LogP contribution in [0.3, 0.4) is 0 Å². The highest BCUT2D eigenvalue weighted by atomic mass is 35.5. The molecule has 30 heavy (non-hydrogen) atoms. The van der Waals surface area contributed by atoms with Gasteiger partial charge < -0.3 is 20.1 Å². The monoisotopic (exact) mass is 435 g/mol. The van der Waals surface area contributed by atoms with Crippen LogP contribution >= 0.6 is 11.6 Å². The number of halogens is 2. The fourth-order valence-electron chi connectivity index (χ4n) is 4.91. The topological polar surface area (TPSA) is 114 Å². The minimum absolute atomic E-state index is 0.0826. The van der Waals surface area contributed by atoms with Crippen molar-refractivity contribution >= 4 is 34.7 Å². The Morgan fingerprint density at radius 3 is 2.93 bits per heavy atom. The Morgan fingerprint density at radius 1 is 1.40 bits per heavy atom. The van der Waals surface area contributed by atoms with E-state index in [0.717, 1.165) is 25.0 Å². The number of aliphatic hydroxyl groups is 1. The SMILES string of the molecule is COc1cc(F)c([N+](=O)[O-])cc1Nc1ncc(Cl)c(N2C[C@@H]3C[C@H]2[C@H]2CC2C3O)n1. The molecule has 5 atom stereocenters. The third kappa shape index (κ3) is 3.02. The zero-order valence-corrected chi connectivity index (χ0v) is 16.7. The maximum absolute atomic E-state index is 13.9. The second kappa shape index (κ2) is 6.92. The van der Waals surface area contributed by atoms with Gasteiger partial charge in [-0.2, -0.15) is 9.37 Å². The van der Waals surface area contributed by atoms with Crippen LogP contribution in [-0.2, 0) is 0 Å². The molecule has 1 saturated heterocycles. The average Bonchev–Trinajstić information content (AvgIpc) is 3.43. The quantitative estimate of drug-likeness (QED) is 0.544. The molecule has 11 heteroatoms. The number of hydrogen-bond acceptors (Lipinski definition) is 8. The number of methoxy groups -OCH3 is 1. The van der Waals surface area contributed by atoms with E-state index < -0.39 is 16.4 Å². The van der Waals surface area contributed by atoms with E-state index >= 15 is 0 Å². The number of nitro benzene ring substituents is 1. The van der Waals surface area contributed by atoms with Crippen molar-refractivity contribution in [2.75, 3.05) is 23.9 Å². The Kier molecular flexibility index (Phi) is 4.44. The average molecular weight is 436 g/mol. The van der Waals surface area contributed by atoms with Gasteiger partial charge in [-0.1, -0.05) is 11.6 Å². The molecule has 1 aromatic heterocycles. The van der Waals surface area contributed by atoms with Crippen LogP contribution in [0.15, 0.2) is 18.3 Å². The van der Waals surface area contributed by atoms with Crippen molar-refractivity contribution in [2.45, 2.75) is 25.0 Å². The molecule has 2 unspecified atom stereocenters. The molecule has 3 aliphatic rings. The molecule has 0 spiro atoms. The van der Waals surface area contributed by atoms with E-state index in [9.17, 15) is 19.6 Å². The second-order valence-corrected chi connectivity index (χ2v) is 8.43. The fourth-order valence-corrected chi connectivity index (χ4v) is 5.11. The third-order valence-corrected chi connectivity index (χ3v) is 6.66. The smallest absolute Gasteiger partial charge is 0.307 e. The molecule has 9 nitrogen and oxygen atoms in total. The van der Waals surface area contributed by atoms with Crippen molar-refractivity contribution in [3.05, 3.63) is 39.3 Å². The number of benzene rings is 1. The number of aromatic nitrogens is 2. The Hall–Kier alpha value is -2.72. The van der Waals surface area contributed by atoms with Crippen molar-refractivity contribution in [3.63, 3.8) is 0 Å². The molecule has 2 aliphatic carbocycles. The lowest BCUT2D eigenvalue weighted by molar-refractivity contribution is -0.387. The van der Waals surface area contributed by atoms with E-state index in [1.165, 1.54) is 13.3 Å². The van der Waals surface area contributed by atoms with Gasteiger partial charge in [0.2, 0.25) is 11.8 Å². The van der Waals surface area contributed by atoms with Crippen LogP contribution in [0.25, 0.3) is 0 Å². The molecule has 1 aliphatic heterocycles. The molecule has 2 heterocycles. The Labute approximate surface area is 176 Å². The van der Waals surface area contributed by atoms with Crippen molar-refractivity contribution < 1.29 is 19.2 Å². The summed E-state index contributed by atoms with van der Waals surface area (Å²) in [6.45, 7) is 0.667. The molecule has 2 N–H and O–H groups in total. The summed E-state index contributed by atoms with van der Waals surface area (Å²) in [6.07, 6.45) is 3.10. The first-order chi connectivity index (χ1) is 14.4. The van der Waals surface area contributed by atoms with E-state index in [1.54, 1.807) is 0 Å². The Balaban J connectivity index is 1.47. The van der Waals surface area contributed by atoms with E-state index in [1.807, 2.05) is 0 Å². The van der Waals surface area contributed by atoms with Crippen LogP contribution in [-0.4, -0.2) is 45.8 Å². The summed E-state index contributed by atoms with van der Waals surface area (Å²) in [5.74, 6) is 0.796. The number of nitrogens with zero attached hydrogens (tertiary/aromatic N) is 4. The number of rotatable bonds is 5. The second-order valence-electron chi connectivity index (χ2n) is 8.02. The number of anilines is 3. The van der Waals surface area contributed by atoms with Crippen molar-refractivity contribution in [1.29, 1.82) is 0 Å². The Morgan fingerprint density at radius 2 is 2.20 bits per heavy atom. The molecule has 1 aromatic carbocycles. The normalized spacial score (nSPS) is 28.8. The molecule has 3 fully saturated rings. The minimum Gasteiger partial charge on any atom is -0.494 e. The van der Waals surface area contributed by atoms with Gasteiger partial charge in [0.15, 0.2) is 5.82 Å². The lowest BCUT2D eigenvalue weighted by atomic mass is 9.88. The number of fused-ring (bicyclic) bond motifs is 4. The van der Waals surface area contributed by atoms with Gasteiger partial charge in [-0.05, 0) is 24.7 Å². The first kappa shape index (κ1) is 19.3. The van der Waals surface area contributed by atoms with Gasteiger partial charge in [-0.15, -0.1) is 0 Å². The lowest BCUT2D eigenvalue weighted by Gasteiger charge is -2.27. The Bertz CT molecular complexity index is 1040. The number of aliphatic hydroxyl groups excluding tert-OH is 1. The fraction of sp³-hybridized carbons (Fsp3) is 0.474. The van der Waals surface area contributed by atoms with E-state index in [0.29, 0.717) is 29.2 Å². The first-order valence-electron chi connectivity index (χ1n) is 9.63. The summed E-state index contributed by atoms with van der Waals surface area (Å²) >= 11 is 6.39. The highest BCUT2D eigenvalue weighted by Gasteiger charge is 2.59. The molecule has 0 radical (unpaired) electrons. The van der Waals surface area contributed by atoms with Crippen molar-refractivity contribution in [2.24, 2.45) is 17.8 Å².